The van der Waals surface area contributed by atoms with Gasteiger partial charge in [0, 0.05) is 20.6 Å². The lowest BCUT2D eigenvalue weighted by Gasteiger charge is -2.24. The zero-order valence-corrected chi connectivity index (χ0v) is 26.3. The molecule has 7 nitrogen and oxygen atoms in total. The Labute approximate surface area is 255 Å². The summed E-state index contributed by atoms with van der Waals surface area (Å²) in [5, 5.41) is 0. The van der Waals surface area contributed by atoms with Gasteiger partial charge in [0.1, 0.15) is 12.4 Å². The standard InChI is InChI=1S/C32H30IN3O4S/c1-6-16-40-26-14-8-22(9-15-26)29-28(31(38)39-7-2)20(4)34-32-36(29)30(37)27(41-32)18-23-17-19(3)35(21(23)5)25-12-10-24(33)11-13-25/h6,8-15,17-18,29H,1,7,16H2,2-5H3/b27-18-/t29-/m1/s1. The Morgan fingerprint density at radius 1 is 1.12 bits per heavy atom. The van der Waals surface area contributed by atoms with E-state index in [0.29, 0.717) is 33.0 Å². The minimum Gasteiger partial charge on any atom is -0.490 e. The van der Waals surface area contributed by atoms with Crippen LogP contribution in [0, 0.1) is 17.4 Å². The zero-order chi connectivity index (χ0) is 29.3. The van der Waals surface area contributed by atoms with Crippen molar-refractivity contribution in [2.24, 2.45) is 4.99 Å². The summed E-state index contributed by atoms with van der Waals surface area (Å²) in [6.07, 6.45) is 3.59. The summed E-state index contributed by atoms with van der Waals surface area (Å²) in [4.78, 5) is 32.4. The van der Waals surface area contributed by atoms with Crippen LogP contribution in [0.25, 0.3) is 11.8 Å². The molecule has 2 aromatic heterocycles. The molecule has 0 spiro atoms. The number of nitrogens with zero attached hydrogens (tertiary/aromatic N) is 3. The molecule has 0 aliphatic carbocycles. The van der Waals surface area contributed by atoms with E-state index in [-0.39, 0.29) is 12.2 Å². The zero-order valence-electron chi connectivity index (χ0n) is 23.3. The number of hydrogen-bond acceptors (Lipinski definition) is 6. The summed E-state index contributed by atoms with van der Waals surface area (Å²) in [6.45, 7) is 11.9. The SMILES string of the molecule is C=CCOc1ccc([C@@H]2C(C(=O)OCC)=C(C)N=c3s/c(=C\c4cc(C)n(-c5ccc(I)cc5)c4C)c(=O)n32)cc1. The van der Waals surface area contributed by atoms with E-state index in [9.17, 15) is 9.59 Å². The number of benzene rings is 2. The normalized spacial score (nSPS) is 15.0. The molecular formula is C32H30IN3O4S. The second-order valence-electron chi connectivity index (χ2n) is 9.61. The van der Waals surface area contributed by atoms with Gasteiger partial charge in [-0.1, -0.05) is 36.1 Å². The molecule has 41 heavy (non-hydrogen) atoms. The number of aromatic nitrogens is 2. The van der Waals surface area contributed by atoms with Gasteiger partial charge < -0.3 is 14.0 Å². The van der Waals surface area contributed by atoms with Crippen LogP contribution in [-0.4, -0.2) is 28.3 Å². The molecule has 9 heteroatoms. The summed E-state index contributed by atoms with van der Waals surface area (Å²) in [5.41, 5.74) is 5.55. The van der Waals surface area contributed by atoms with Crippen LogP contribution in [-0.2, 0) is 9.53 Å². The second-order valence-corrected chi connectivity index (χ2v) is 11.9. The highest BCUT2D eigenvalue weighted by Gasteiger charge is 2.33. The Bertz CT molecular complexity index is 1840. The Kier molecular flexibility index (Phi) is 8.46. The molecule has 0 saturated carbocycles. The quantitative estimate of drug-likeness (QED) is 0.143. The fourth-order valence-electron chi connectivity index (χ4n) is 5.07. The molecular weight excluding hydrogens is 649 g/mol. The third kappa shape index (κ3) is 5.60. The molecule has 1 atom stereocenters. The van der Waals surface area contributed by atoms with Gasteiger partial charge in [0.05, 0.1) is 28.5 Å². The summed E-state index contributed by atoms with van der Waals surface area (Å²) >= 11 is 3.61. The fourth-order valence-corrected chi connectivity index (χ4v) is 6.47. The van der Waals surface area contributed by atoms with Crippen LogP contribution in [0.1, 0.15) is 42.4 Å². The molecule has 0 bridgehead atoms. The monoisotopic (exact) mass is 679 g/mol. The first-order valence-corrected chi connectivity index (χ1v) is 15.1. The Morgan fingerprint density at radius 2 is 1.83 bits per heavy atom. The summed E-state index contributed by atoms with van der Waals surface area (Å²) in [7, 11) is 0. The molecule has 1 aliphatic rings. The summed E-state index contributed by atoms with van der Waals surface area (Å²) in [6, 6.07) is 17.1. The minimum atomic E-state index is -0.680. The van der Waals surface area contributed by atoms with Gasteiger partial charge in [-0.2, -0.15) is 0 Å². The van der Waals surface area contributed by atoms with Crippen molar-refractivity contribution < 1.29 is 14.3 Å². The Balaban J connectivity index is 1.65. The smallest absolute Gasteiger partial charge is 0.338 e. The number of carbonyl (C=O) groups is 1. The number of hydrogen-bond donors (Lipinski definition) is 0. The predicted molar refractivity (Wildman–Crippen MR) is 170 cm³/mol. The van der Waals surface area contributed by atoms with Crippen molar-refractivity contribution in [1.29, 1.82) is 0 Å². The molecule has 0 N–H and O–H groups in total. The van der Waals surface area contributed by atoms with E-state index in [1.165, 1.54) is 14.9 Å². The Hall–Kier alpha value is -3.70. The molecule has 210 valence electrons. The number of halogens is 1. The van der Waals surface area contributed by atoms with E-state index in [0.717, 1.165) is 28.2 Å². The molecule has 0 unspecified atom stereocenters. The van der Waals surface area contributed by atoms with Crippen molar-refractivity contribution in [2.75, 3.05) is 13.2 Å². The number of thiazole rings is 1. The molecule has 2 aromatic carbocycles. The lowest BCUT2D eigenvalue weighted by molar-refractivity contribution is -0.139. The highest BCUT2D eigenvalue weighted by Crippen LogP contribution is 2.32. The number of rotatable bonds is 8. The maximum Gasteiger partial charge on any atom is 0.338 e. The largest absolute Gasteiger partial charge is 0.490 e. The topological polar surface area (TPSA) is 74.8 Å². The van der Waals surface area contributed by atoms with E-state index in [1.54, 1.807) is 24.5 Å². The maximum atomic E-state index is 14.0. The number of carbonyl (C=O) groups excluding carboxylic acids is 1. The van der Waals surface area contributed by atoms with Crippen LogP contribution in [0.5, 0.6) is 5.75 Å². The van der Waals surface area contributed by atoms with E-state index in [1.807, 2.05) is 30.3 Å². The van der Waals surface area contributed by atoms with Crippen LogP contribution in [0.15, 0.2) is 88.3 Å². The first-order valence-electron chi connectivity index (χ1n) is 13.2. The molecule has 0 fully saturated rings. The van der Waals surface area contributed by atoms with Gasteiger partial charge in [0.2, 0.25) is 0 Å². The second kappa shape index (κ2) is 12.0. The van der Waals surface area contributed by atoms with Crippen LogP contribution in [0.3, 0.4) is 0 Å². The number of allylic oxidation sites excluding steroid dienone is 1. The number of ether oxygens (including phenoxy) is 2. The van der Waals surface area contributed by atoms with Gasteiger partial charge in [0.15, 0.2) is 4.80 Å². The first-order chi connectivity index (χ1) is 19.7. The van der Waals surface area contributed by atoms with Gasteiger partial charge in [-0.25, -0.2) is 9.79 Å². The molecule has 0 radical (unpaired) electrons. The third-order valence-electron chi connectivity index (χ3n) is 6.92. The maximum absolute atomic E-state index is 14.0. The number of fused-ring (bicyclic) bond motifs is 1. The van der Waals surface area contributed by atoms with Crippen LogP contribution >= 0.6 is 33.9 Å². The lowest BCUT2D eigenvalue weighted by Crippen LogP contribution is -2.39. The van der Waals surface area contributed by atoms with Crippen molar-refractivity contribution in [3.05, 3.63) is 124 Å². The average molecular weight is 680 g/mol. The third-order valence-corrected chi connectivity index (χ3v) is 8.62. The molecule has 1 aliphatic heterocycles. The summed E-state index contributed by atoms with van der Waals surface area (Å²) < 4.78 is 16.5. The highest BCUT2D eigenvalue weighted by molar-refractivity contribution is 14.1. The van der Waals surface area contributed by atoms with E-state index < -0.39 is 12.0 Å². The first kappa shape index (κ1) is 28.8. The predicted octanol–water partition coefficient (Wildman–Crippen LogP) is 5.38. The van der Waals surface area contributed by atoms with Crippen molar-refractivity contribution in [3.8, 4) is 11.4 Å². The molecule has 0 amide bonds. The average Bonchev–Trinajstić information content (AvgIpc) is 3.41. The van der Waals surface area contributed by atoms with Crippen LogP contribution < -0.4 is 19.6 Å². The fraction of sp³-hybridized carbons (Fsp3) is 0.219. The van der Waals surface area contributed by atoms with Gasteiger partial charge in [-0.15, -0.1) is 0 Å². The van der Waals surface area contributed by atoms with E-state index in [4.69, 9.17) is 9.47 Å². The van der Waals surface area contributed by atoms with E-state index in [2.05, 4.69) is 82.9 Å². The highest BCUT2D eigenvalue weighted by atomic mass is 127. The minimum absolute atomic E-state index is 0.209. The number of esters is 1. The van der Waals surface area contributed by atoms with E-state index >= 15 is 0 Å². The van der Waals surface area contributed by atoms with Crippen molar-refractivity contribution in [3.63, 3.8) is 0 Å². The van der Waals surface area contributed by atoms with Crippen molar-refractivity contribution in [2.45, 2.75) is 33.7 Å². The summed E-state index contributed by atoms with van der Waals surface area (Å²) in [5.74, 6) is 0.184. The van der Waals surface area contributed by atoms with Gasteiger partial charge in [0.25, 0.3) is 5.56 Å². The molecule has 5 rings (SSSR count). The van der Waals surface area contributed by atoms with Crippen molar-refractivity contribution in [1.82, 2.24) is 9.13 Å². The van der Waals surface area contributed by atoms with Crippen LogP contribution in [0.2, 0.25) is 0 Å². The van der Waals surface area contributed by atoms with Crippen LogP contribution in [0.4, 0.5) is 0 Å². The lowest BCUT2D eigenvalue weighted by atomic mass is 9.96. The van der Waals surface area contributed by atoms with Crippen molar-refractivity contribution >= 4 is 46.0 Å². The molecule has 4 aromatic rings. The number of aryl methyl sites for hydroxylation is 1. The molecule has 0 saturated heterocycles. The van der Waals surface area contributed by atoms with Gasteiger partial charge in [-0.05, 0) is 110 Å². The van der Waals surface area contributed by atoms with Gasteiger partial charge in [-0.3, -0.25) is 9.36 Å². The van der Waals surface area contributed by atoms with Gasteiger partial charge >= 0.3 is 5.97 Å². The molecule has 3 heterocycles. The Morgan fingerprint density at radius 3 is 2.49 bits per heavy atom.